The van der Waals surface area contributed by atoms with Crippen molar-refractivity contribution >= 4 is 29.8 Å². The molecule has 288 valence electrons. The van der Waals surface area contributed by atoms with Gasteiger partial charge in [-0.15, -0.1) is 0 Å². The van der Waals surface area contributed by atoms with Crippen LogP contribution in [0.1, 0.15) is 151 Å². The molecule has 0 radical (unpaired) electrons. The van der Waals surface area contributed by atoms with Gasteiger partial charge in [-0.3, -0.25) is 28.9 Å². The Morgan fingerprint density at radius 3 is 1.70 bits per heavy atom. The van der Waals surface area contributed by atoms with Crippen LogP contribution in [0.2, 0.25) is 0 Å². The van der Waals surface area contributed by atoms with E-state index < -0.39 is 41.6 Å². The van der Waals surface area contributed by atoms with Crippen molar-refractivity contribution in [2.75, 3.05) is 32.8 Å². The molecule has 0 spiro atoms. The van der Waals surface area contributed by atoms with E-state index in [2.05, 4.69) is 9.80 Å². The van der Waals surface area contributed by atoms with Gasteiger partial charge in [0, 0.05) is 69.2 Å². The molecule has 2 rings (SSSR count). The number of carbonyl (C=O) groups excluding carboxylic acids is 5. The average molecular weight is 709 g/mol. The van der Waals surface area contributed by atoms with Gasteiger partial charge in [0.2, 0.25) is 5.91 Å². The zero-order valence-corrected chi connectivity index (χ0v) is 32.3. The smallest absolute Gasteiger partial charge is 0.306 e. The monoisotopic (exact) mass is 708 g/mol. The zero-order valence-electron chi connectivity index (χ0n) is 32.3. The van der Waals surface area contributed by atoms with Crippen LogP contribution in [-0.4, -0.2) is 96.7 Å². The van der Waals surface area contributed by atoms with Crippen molar-refractivity contribution in [3.8, 4) is 0 Å². The highest BCUT2D eigenvalue weighted by atomic mass is 16.6. The maximum atomic E-state index is 13.5. The van der Waals surface area contributed by atoms with E-state index in [1.54, 1.807) is 0 Å². The number of rotatable bonds is 21. The first-order valence-corrected chi connectivity index (χ1v) is 19.6. The van der Waals surface area contributed by atoms with E-state index in [-0.39, 0.29) is 62.8 Å². The van der Waals surface area contributed by atoms with Gasteiger partial charge in [0.05, 0.1) is 6.61 Å². The van der Waals surface area contributed by atoms with Crippen LogP contribution in [0.25, 0.3) is 0 Å². The van der Waals surface area contributed by atoms with Crippen LogP contribution in [0.4, 0.5) is 0 Å². The number of likely N-dealkylation sites (tertiary alicyclic amines) is 1. The zero-order chi connectivity index (χ0) is 37.1. The number of ether oxygens (including phenoxy) is 4. The predicted octanol–water partition coefficient (Wildman–Crippen LogP) is 6.77. The van der Waals surface area contributed by atoms with Crippen LogP contribution in [0.15, 0.2) is 0 Å². The summed E-state index contributed by atoms with van der Waals surface area (Å²) in [6.07, 6.45) is 9.00. The Balaban J connectivity index is 2.25. The van der Waals surface area contributed by atoms with Gasteiger partial charge in [0.25, 0.3) is 0 Å². The van der Waals surface area contributed by atoms with E-state index in [1.165, 1.54) is 6.42 Å². The second-order valence-electron chi connectivity index (χ2n) is 15.3. The van der Waals surface area contributed by atoms with Crippen molar-refractivity contribution in [2.45, 2.75) is 176 Å². The topological polar surface area (TPSA) is 129 Å². The van der Waals surface area contributed by atoms with Crippen LogP contribution in [0, 0.1) is 11.3 Å². The molecule has 2 fully saturated rings. The van der Waals surface area contributed by atoms with Crippen LogP contribution < -0.4 is 0 Å². The maximum Gasteiger partial charge on any atom is 0.306 e. The second kappa shape index (κ2) is 23.0. The highest BCUT2D eigenvalue weighted by Crippen LogP contribution is 2.29. The minimum Gasteiger partial charge on any atom is -0.465 e. The molecule has 50 heavy (non-hydrogen) atoms. The average Bonchev–Trinajstić information content (AvgIpc) is 3.05. The summed E-state index contributed by atoms with van der Waals surface area (Å²) >= 11 is 0. The highest BCUT2D eigenvalue weighted by molar-refractivity contribution is 5.81. The fraction of sp³-hybridized carbons (Fsp3) is 0.872. The number of unbranched alkanes of at least 4 members (excludes halogenated alkanes) is 1. The number of carbonyl (C=O) groups is 5. The quantitative estimate of drug-likeness (QED) is 0.0716. The van der Waals surface area contributed by atoms with Crippen LogP contribution >= 0.6 is 0 Å². The van der Waals surface area contributed by atoms with Crippen LogP contribution in [0.3, 0.4) is 0 Å². The first-order chi connectivity index (χ1) is 23.8. The molecule has 0 aromatic heterocycles. The largest absolute Gasteiger partial charge is 0.465 e. The fourth-order valence-corrected chi connectivity index (χ4v) is 6.89. The van der Waals surface area contributed by atoms with Gasteiger partial charge >= 0.3 is 23.9 Å². The lowest BCUT2D eigenvalue weighted by molar-refractivity contribution is -0.198. The number of esters is 4. The summed E-state index contributed by atoms with van der Waals surface area (Å²) in [5, 5.41) is 0. The van der Waals surface area contributed by atoms with E-state index in [0.29, 0.717) is 45.2 Å². The standard InChI is InChI=1S/C39H68N2O9/c1-8-17-33(42)47-28-29(21-15-16-24-41(38(46)39(5,6)7)30-22-13-12-14-23-30)25-40-26-31(48-34(43)18-9-2)37(50-36(45)20-11-4)32(27-40)49-35(44)19-10-3/h29-32,37H,8-28H2,1-7H3/t29-,31-,32+,37+/m1/s1. The van der Waals surface area contributed by atoms with Crippen molar-refractivity contribution < 1.29 is 42.9 Å². The molecule has 11 nitrogen and oxygen atoms in total. The minimum atomic E-state index is -0.918. The summed E-state index contributed by atoms with van der Waals surface area (Å²) in [5.74, 6) is -1.30. The van der Waals surface area contributed by atoms with Crippen LogP contribution in [-0.2, 0) is 42.9 Å². The first-order valence-electron chi connectivity index (χ1n) is 19.6. The highest BCUT2D eigenvalue weighted by Gasteiger charge is 2.44. The molecule has 1 heterocycles. The molecule has 0 N–H and O–H groups in total. The molecule has 0 aromatic rings. The summed E-state index contributed by atoms with van der Waals surface area (Å²) < 4.78 is 23.4. The summed E-state index contributed by atoms with van der Waals surface area (Å²) in [6, 6.07) is 0.286. The van der Waals surface area contributed by atoms with Crippen molar-refractivity contribution in [1.29, 1.82) is 0 Å². The van der Waals surface area contributed by atoms with E-state index >= 15 is 0 Å². The molecule has 0 unspecified atom stereocenters. The summed E-state index contributed by atoms with van der Waals surface area (Å²) in [5.41, 5.74) is -0.446. The Kier molecular flexibility index (Phi) is 20.0. The molecule has 0 bridgehead atoms. The lowest BCUT2D eigenvalue weighted by Crippen LogP contribution is -2.60. The van der Waals surface area contributed by atoms with Gasteiger partial charge in [-0.1, -0.05) is 74.1 Å². The molecule has 0 aromatic carbocycles. The van der Waals surface area contributed by atoms with Crippen molar-refractivity contribution in [1.82, 2.24) is 9.80 Å². The number of piperidine rings is 1. The third-order valence-electron chi connectivity index (χ3n) is 9.43. The maximum absolute atomic E-state index is 13.5. The van der Waals surface area contributed by atoms with Gasteiger partial charge in [-0.05, 0) is 51.4 Å². The number of nitrogens with zero attached hydrogens (tertiary/aromatic N) is 2. The Morgan fingerprint density at radius 2 is 1.20 bits per heavy atom. The van der Waals surface area contributed by atoms with E-state index in [0.717, 1.165) is 44.9 Å². The molecular formula is C39H68N2O9. The third kappa shape index (κ3) is 15.7. The molecular weight excluding hydrogens is 640 g/mol. The number of hydrogen-bond donors (Lipinski definition) is 0. The lowest BCUT2D eigenvalue weighted by atomic mass is 9.89. The molecule has 2 aliphatic rings. The molecule has 1 amide bonds. The molecule has 1 aliphatic carbocycles. The molecule has 4 atom stereocenters. The third-order valence-corrected chi connectivity index (χ3v) is 9.43. The van der Waals surface area contributed by atoms with Gasteiger partial charge in [0.1, 0.15) is 0 Å². The van der Waals surface area contributed by atoms with E-state index in [9.17, 15) is 24.0 Å². The Bertz CT molecular complexity index is 1020. The Morgan fingerprint density at radius 1 is 0.700 bits per heavy atom. The summed E-state index contributed by atoms with van der Waals surface area (Å²) in [6.45, 7) is 15.6. The van der Waals surface area contributed by atoms with E-state index in [1.807, 2.05) is 48.5 Å². The summed E-state index contributed by atoms with van der Waals surface area (Å²) in [7, 11) is 0. The molecule has 1 aliphatic heterocycles. The normalized spacial score (nSPS) is 20.8. The number of hydrogen-bond acceptors (Lipinski definition) is 10. The SMILES string of the molecule is CCCC(=O)OC[C@H](CCCCN(C(=O)C(C)(C)C)C1CCCCC1)CN1C[C@H](OC(=O)CCC)[C@@H](OC(=O)CCC)[C@H](OC(=O)CCC)C1. The second-order valence-corrected chi connectivity index (χ2v) is 15.3. The number of amides is 1. The molecule has 1 saturated carbocycles. The van der Waals surface area contributed by atoms with Crippen LogP contribution in [0.5, 0.6) is 0 Å². The molecule has 11 heteroatoms. The molecule has 1 saturated heterocycles. The fourth-order valence-electron chi connectivity index (χ4n) is 6.89. The van der Waals surface area contributed by atoms with Gasteiger partial charge in [0.15, 0.2) is 18.3 Å². The lowest BCUT2D eigenvalue weighted by Gasteiger charge is -2.42. The van der Waals surface area contributed by atoms with Gasteiger partial charge in [-0.2, -0.15) is 0 Å². The summed E-state index contributed by atoms with van der Waals surface area (Å²) in [4.78, 5) is 68.3. The van der Waals surface area contributed by atoms with Crippen molar-refractivity contribution in [3.63, 3.8) is 0 Å². The van der Waals surface area contributed by atoms with Crippen molar-refractivity contribution in [3.05, 3.63) is 0 Å². The van der Waals surface area contributed by atoms with Gasteiger partial charge < -0.3 is 23.8 Å². The predicted molar refractivity (Wildman–Crippen MR) is 192 cm³/mol. The van der Waals surface area contributed by atoms with Gasteiger partial charge in [-0.25, -0.2) is 0 Å². The van der Waals surface area contributed by atoms with Crippen molar-refractivity contribution in [2.24, 2.45) is 11.3 Å². The Hall–Kier alpha value is -2.69. The van der Waals surface area contributed by atoms with E-state index in [4.69, 9.17) is 18.9 Å². The Labute approximate surface area is 301 Å². The minimum absolute atomic E-state index is 0.0459. The first kappa shape index (κ1) is 43.5.